The number of benzene rings is 4. The lowest BCUT2D eigenvalue weighted by Gasteiger charge is -2.15. The molecule has 4 aromatic carbocycles. The van der Waals surface area contributed by atoms with Crippen LogP contribution >= 0.6 is 23.5 Å². The van der Waals surface area contributed by atoms with Crippen LogP contribution < -0.4 is 9.47 Å². The third kappa shape index (κ3) is 6.29. The van der Waals surface area contributed by atoms with E-state index in [1.807, 2.05) is 119 Å². The van der Waals surface area contributed by atoms with Crippen molar-refractivity contribution in [3.05, 3.63) is 120 Å². The molecule has 232 valence electrons. The maximum absolute atomic E-state index is 5.99. The standard InChI is InChI=1S/C35H28N8O2S2/c1-3-8-26(9-4-1)32-36-38-34-42(32)40-30(22-46-34)24-12-16-28(17-13-24)44-20-7-21-45-29-18-14-25(15-19-29)31-23-47-35-39-37-33(43(35)41-31)27-10-5-2-6-11-27/h1-6,8-19H,7,20-23H2. The number of hydrogen-bond donors (Lipinski definition) is 0. The van der Waals surface area contributed by atoms with E-state index in [1.165, 1.54) is 0 Å². The smallest absolute Gasteiger partial charge is 0.212 e. The Balaban J connectivity index is 0.831. The Morgan fingerprint density at radius 1 is 0.489 bits per heavy atom. The van der Waals surface area contributed by atoms with Crippen LogP contribution in [0.2, 0.25) is 0 Å². The van der Waals surface area contributed by atoms with Crippen molar-refractivity contribution in [1.29, 1.82) is 0 Å². The van der Waals surface area contributed by atoms with Crippen LogP contribution in [0.4, 0.5) is 0 Å². The summed E-state index contributed by atoms with van der Waals surface area (Å²) in [6, 6.07) is 36.1. The van der Waals surface area contributed by atoms with Crippen LogP contribution in [-0.4, -0.2) is 65.9 Å². The molecule has 2 aliphatic heterocycles. The summed E-state index contributed by atoms with van der Waals surface area (Å²) in [7, 11) is 0. The number of hydrogen-bond acceptors (Lipinski definition) is 10. The second-order valence-electron chi connectivity index (χ2n) is 10.7. The van der Waals surface area contributed by atoms with Crippen molar-refractivity contribution in [3.8, 4) is 34.3 Å². The summed E-state index contributed by atoms with van der Waals surface area (Å²) in [6.45, 7) is 1.11. The van der Waals surface area contributed by atoms with Crippen LogP contribution in [0.15, 0.2) is 130 Å². The van der Waals surface area contributed by atoms with Gasteiger partial charge in [-0.1, -0.05) is 84.2 Å². The topological polar surface area (TPSA) is 105 Å². The van der Waals surface area contributed by atoms with E-state index in [9.17, 15) is 0 Å². The zero-order chi connectivity index (χ0) is 31.4. The van der Waals surface area contributed by atoms with Crippen molar-refractivity contribution in [3.63, 3.8) is 0 Å². The molecule has 0 fully saturated rings. The van der Waals surface area contributed by atoms with Crippen LogP contribution in [0, 0.1) is 0 Å². The summed E-state index contributed by atoms with van der Waals surface area (Å²) in [6.07, 6.45) is 0.757. The number of ether oxygens (including phenoxy) is 2. The van der Waals surface area contributed by atoms with Crippen molar-refractivity contribution in [2.75, 3.05) is 24.7 Å². The fraction of sp³-hybridized carbons (Fsp3) is 0.143. The van der Waals surface area contributed by atoms with Gasteiger partial charge in [-0.25, -0.2) is 0 Å². The molecule has 0 unspecified atom stereocenters. The van der Waals surface area contributed by atoms with Crippen LogP contribution in [0.3, 0.4) is 0 Å². The summed E-state index contributed by atoms with van der Waals surface area (Å²) in [5.74, 6) is 4.58. The SMILES string of the molecule is c1ccc(-c2nnc3n2N=C(c2ccc(OCCCOc4ccc(C5=Nn6c(nnc6-c6ccccc6)SC5)cc4)cc2)CS3)cc1. The van der Waals surface area contributed by atoms with Crippen molar-refractivity contribution in [1.82, 2.24) is 29.7 Å². The third-order valence-corrected chi connectivity index (χ3v) is 9.47. The molecule has 10 nitrogen and oxygen atoms in total. The molecule has 0 saturated heterocycles. The lowest BCUT2D eigenvalue weighted by atomic mass is 10.1. The highest BCUT2D eigenvalue weighted by Crippen LogP contribution is 2.30. The number of thioether (sulfide) groups is 2. The minimum absolute atomic E-state index is 0.553. The van der Waals surface area contributed by atoms with Crippen LogP contribution in [0.1, 0.15) is 17.5 Å². The average Bonchev–Trinajstić information content (AvgIpc) is 3.77. The molecule has 0 spiro atoms. The number of fused-ring (bicyclic) bond motifs is 2. The molecular weight excluding hydrogens is 629 g/mol. The Morgan fingerprint density at radius 2 is 0.915 bits per heavy atom. The van der Waals surface area contributed by atoms with Gasteiger partial charge in [0, 0.05) is 29.1 Å². The van der Waals surface area contributed by atoms with Gasteiger partial charge in [0.1, 0.15) is 11.5 Å². The van der Waals surface area contributed by atoms with E-state index >= 15 is 0 Å². The van der Waals surface area contributed by atoms with E-state index in [4.69, 9.17) is 19.7 Å². The molecule has 0 amide bonds. The summed E-state index contributed by atoms with van der Waals surface area (Å²) in [4.78, 5) is 0. The molecule has 47 heavy (non-hydrogen) atoms. The molecular formula is C35H28N8O2S2. The molecule has 0 saturated carbocycles. The summed E-state index contributed by atoms with van der Waals surface area (Å²) in [5, 5.41) is 28.7. The molecule has 2 aliphatic rings. The first-order valence-corrected chi connectivity index (χ1v) is 17.1. The zero-order valence-corrected chi connectivity index (χ0v) is 26.8. The van der Waals surface area contributed by atoms with Gasteiger partial charge in [-0.3, -0.25) is 0 Å². The highest BCUT2D eigenvalue weighted by Gasteiger charge is 2.22. The lowest BCUT2D eigenvalue weighted by molar-refractivity contribution is 0.247. The van der Waals surface area contributed by atoms with Crippen molar-refractivity contribution < 1.29 is 9.47 Å². The predicted octanol–water partition coefficient (Wildman–Crippen LogP) is 6.77. The Bertz CT molecular complexity index is 1910. The fourth-order valence-electron chi connectivity index (χ4n) is 5.20. The molecule has 0 N–H and O–H groups in total. The maximum Gasteiger partial charge on any atom is 0.212 e. The fourth-order valence-corrected chi connectivity index (χ4v) is 6.88. The molecule has 6 aromatic rings. The van der Waals surface area contributed by atoms with Gasteiger partial charge in [0.15, 0.2) is 11.6 Å². The largest absolute Gasteiger partial charge is 0.493 e. The molecule has 2 aromatic heterocycles. The molecule has 0 bridgehead atoms. The number of nitrogens with zero attached hydrogens (tertiary/aromatic N) is 8. The van der Waals surface area contributed by atoms with Crippen molar-refractivity contribution in [2.45, 2.75) is 16.7 Å². The zero-order valence-electron chi connectivity index (χ0n) is 25.1. The van der Waals surface area contributed by atoms with Crippen LogP contribution in [0.5, 0.6) is 11.5 Å². The molecule has 12 heteroatoms. The van der Waals surface area contributed by atoms with E-state index in [0.717, 1.165) is 85.1 Å². The molecule has 0 aliphatic carbocycles. The van der Waals surface area contributed by atoms with E-state index in [0.29, 0.717) is 13.2 Å². The second-order valence-corrected chi connectivity index (χ2v) is 12.6. The number of aromatic nitrogens is 6. The van der Waals surface area contributed by atoms with Gasteiger partial charge in [0.05, 0.1) is 24.6 Å². The first-order chi connectivity index (χ1) is 23.3. The maximum atomic E-state index is 5.99. The summed E-state index contributed by atoms with van der Waals surface area (Å²) < 4.78 is 15.6. The first kappa shape index (κ1) is 29.2. The summed E-state index contributed by atoms with van der Waals surface area (Å²) in [5.41, 5.74) is 6.01. The Hall–Kier alpha value is -5.20. The van der Waals surface area contributed by atoms with Gasteiger partial charge in [0.25, 0.3) is 0 Å². The molecule has 0 radical (unpaired) electrons. The Labute approximate surface area is 279 Å². The van der Waals surface area contributed by atoms with Crippen LogP contribution in [0.25, 0.3) is 22.8 Å². The highest BCUT2D eigenvalue weighted by molar-refractivity contribution is 8.00. The molecule has 4 heterocycles. The third-order valence-electron chi connectivity index (χ3n) is 7.61. The summed E-state index contributed by atoms with van der Waals surface area (Å²) >= 11 is 3.27. The van der Waals surface area contributed by atoms with E-state index in [-0.39, 0.29) is 0 Å². The van der Waals surface area contributed by atoms with Gasteiger partial charge in [-0.2, -0.15) is 19.6 Å². The van der Waals surface area contributed by atoms with Gasteiger partial charge in [0.2, 0.25) is 10.3 Å². The van der Waals surface area contributed by atoms with Crippen LogP contribution in [-0.2, 0) is 0 Å². The lowest BCUT2D eigenvalue weighted by Crippen LogP contribution is -2.14. The quantitative estimate of drug-likeness (QED) is 0.149. The monoisotopic (exact) mass is 656 g/mol. The van der Waals surface area contributed by atoms with Crippen molar-refractivity contribution in [2.24, 2.45) is 10.2 Å². The first-order valence-electron chi connectivity index (χ1n) is 15.2. The van der Waals surface area contributed by atoms with E-state index < -0.39 is 0 Å². The second kappa shape index (κ2) is 13.3. The Morgan fingerprint density at radius 3 is 1.34 bits per heavy atom. The molecule has 8 rings (SSSR count). The molecule has 0 atom stereocenters. The predicted molar refractivity (Wildman–Crippen MR) is 185 cm³/mol. The van der Waals surface area contributed by atoms with E-state index in [2.05, 4.69) is 20.4 Å². The van der Waals surface area contributed by atoms with Gasteiger partial charge < -0.3 is 9.47 Å². The van der Waals surface area contributed by atoms with Gasteiger partial charge in [-0.05, 0) is 59.7 Å². The van der Waals surface area contributed by atoms with Gasteiger partial charge >= 0.3 is 0 Å². The van der Waals surface area contributed by atoms with Crippen molar-refractivity contribution >= 4 is 34.9 Å². The minimum Gasteiger partial charge on any atom is -0.493 e. The highest BCUT2D eigenvalue weighted by atomic mass is 32.2. The average molecular weight is 657 g/mol. The Kier molecular flexibility index (Phi) is 8.25. The minimum atomic E-state index is 0.553. The normalized spacial score (nSPS) is 13.7. The van der Waals surface area contributed by atoms with Gasteiger partial charge in [-0.15, -0.1) is 20.4 Å². The van der Waals surface area contributed by atoms with E-state index in [1.54, 1.807) is 23.5 Å². The number of rotatable bonds is 10.